The largest absolute Gasteiger partial charge is 0.465 e. The molecule has 110 valence electrons. The van der Waals surface area contributed by atoms with E-state index in [0.717, 1.165) is 10.0 Å². The first-order valence-corrected chi connectivity index (χ1v) is 7.58. The molecule has 2 rings (SSSR count). The second kappa shape index (κ2) is 6.96. The standard InChI is InChI=1S/C16H15BrClNO2/c1-10(11-4-3-5-12(17)8-11)19-15-7-6-13(18)9-14(15)16(20)21-2/h3-10,19H,1-2H3. The minimum absolute atomic E-state index is 0.0343. The molecule has 1 atom stereocenters. The first-order chi connectivity index (χ1) is 10.0. The molecule has 21 heavy (non-hydrogen) atoms. The molecule has 0 aromatic heterocycles. The molecule has 0 saturated heterocycles. The monoisotopic (exact) mass is 367 g/mol. The van der Waals surface area contributed by atoms with Crippen molar-refractivity contribution in [2.45, 2.75) is 13.0 Å². The first-order valence-electron chi connectivity index (χ1n) is 6.41. The molecule has 0 amide bonds. The number of ether oxygens (including phenoxy) is 1. The summed E-state index contributed by atoms with van der Waals surface area (Å²) in [5, 5.41) is 3.81. The van der Waals surface area contributed by atoms with Crippen molar-refractivity contribution in [3.63, 3.8) is 0 Å². The van der Waals surface area contributed by atoms with E-state index in [1.165, 1.54) is 7.11 Å². The number of benzene rings is 2. The summed E-state index contributed by atoms with van der Waals surface area (Å²) in [5.74, 6) is -0.415. The van der Waals surface area contributed by atoms with Gasteiger partial charge in [-0.2, -0.15) is 0 Å². The highest BCUT2D eigenvalue weighted by Gasteiger charge is 2.15. The predicted octanol–water partition coefficient (Wildman–Crippen LogP) is 5.06. The maximum atomic E-state index is 11.8. The van der Waals surface area contributed by atoms with Gasteiger partial charge in [0.25, 0.3) is 0 Å². The summed E-state index contributed by atoms with van der Waals surface area (Å²) in [6.45, 7) is 2.03. The van der Waals surface area contributed by atoms with Crippen LogP contribution in [0.15, 0.2) is 46.9 Å². The molecule has 0 aliphatic rings. The molecule has 5 heteroatoms. The number of methoxy groups -OCH3 is 1. The fraction of sp³-hybridized carbons (Fsp3) is 0.188. The maximum absolute atomic E-state index is 11.8. The van der Waals surface area contributed by atoms with Crippen LogP contribution in [0.25, 0.3) is 0 Å². The molecule has 0 saturated carbocycles. The van der Waals surface area contributed by atoms with Crippen LogP contribution in [0.3, 0.4) is 0 Å². The summed E-state index contributed by atoms with van der Waals surface area (Å²) in [7, 11) is 1.35. The van der Waals surface area contributed by atoms with Crippen LogP contribution in [-0.4, -0.2) is 13.1 Å². The lowest BCUT2D eigenvalue weighted by Gasteiger charge is -2.18. The molecular formula is C16H15BrClNO2. The topological polar surface area (TPSA) is 38.3 Å². The lowest BCUT2D eigenvalue weighted by Crippen LogP contribution is -2.11. The van der Waals surface area contributed by atoms with Crippen LogP contribution >= 0.6 is 27.5 Å². The Hall–Kier alpha value is -1.52. The van der Waals surface area contributed by atoms with E-state index in [4.69, 9.17) is 16.3 Å². The van der Waals surface area contributed by atoms with Crippen molar-refractivity contribution in [3.05, 3.63) is 63.1 Å². The Morgan fingerprint density at radius 2 is 2.05 bits per heavy atom. The molecular weight excluding hydrogens is 354 g/mol. The normalized spacial score (nSPS) is 11.8. The van der Waals surface area contributed by atoms with E-state index in [9.17, 15) is 4.79 Å². The fourth-order valence-electron chi connectivity index (χ4n) is 2.01. The Morgan fingerprint density at radius 3 is 2.71 bits per heavy atom. The summed E-state index contributed by atoms with van der Waals surface area (Å²) in [6, 6.07) is 13.2. The van der Waals surface area contributed by atoms with Crippen molar-refractivity contribution < 1.29 is 9.53 Å². The Morgan fingerprint density at radius 1 is 1.29 bits per heavy atom. The van der Waals surface area contributed by atoms with Gasteiger partial charge in [-0.15, -0.1) is 0 Å². The Labute approximate surface area is 137 Å². The van der Waals surface area contributed by atoms with E-state index in [1.54, 1.807) is 18.2 Å². The number of rotatable bonds is 4. The molecule has 3 nitrogen and oxygen atoms in total. The zero-order valence-electron chi connectivity index (χ0n) is 11.7. The number of esters is 1. The Kier molecular flexibility index (Phi) is 5.26. The van der Waals surface area contributed by atoms with E-state index >= 15 is 0 Å². The van der Waals surface area contributed by atoms with Crippen molar-refractivity contribution in [1.29, 1.82) is 0 Å². The molecule has 2 aromatic carbocycles. The zero-order valence-corrected chi connectivity index (χ0v) is 14.0. The number of halogens is 2. The van der Waals surface area contributed by atoms with Crippen molar-refractivity contribution in [2.75, 3.05) is 12.4 Å². The number of hydrogen-bond donors (Lipinski definition) is 1. The molecule has 1 unspecified atom stereocenters. The Bertz CT molecular complexity index is 660. The lowest BCUT2D eigenvalue weighted by atomic mass is 10.1. The van der Waals surface area contributed by atoms with Crippen LogP contribution in [0.1, 0.15) is 28.9 Å². The van der Waals surface area contributed by atoms with Crippen LogP contribution in [-0.2, 0) is 4.74 Å². The van der Waals surface area contributed by atoms with E-state index in [2.05, 4.69) is 21.2 Å². The van der Waals surface area contributed by atoms with Gasteiger partial charge in [0, 0.05) is 21.2 Å². The Balaban J connectivity index is 2.28. The van der Waals surface area contributed by atoms with Gasteiger partial charge in [-0.1, -0.05) is 39.7 Å². The second-order valence-corrected chi connectivity index (χ2v) is 5.95. The molecule has 0 heterocycles. The van der Waals surface area contributed by atoms with Gasteiger partial charge in [-0.3, -0.25) is 0 Å². The average Bonchev–Trinajstić information content (AvgIpc) is 2.48. The summed E-state index contributed by atoms with van der Waals surface area (Å²) < 4.78 is 5.81. The van der Waals surface area contributed by atoms with Crippen LogP contribution in [0, 0.1) is 0 Å². The second-order valence-electron chi connectivity index (χ2n) is 4.60. The number of carbonyl (C=O) groups excluding carboxylic acids is 1. The van der Waals surface area contributed by atoms with Gasteiger partial charge < -0.3 is 10.1 Å². The highest BCUT2D eigenvalue weighted by molar-refractivity contribution is 9.10. The van der Waals surface area contributed by atoms with Gasteiger partial charge >= 0.3 is 5.97 Å². The van der Waals surface area contributed by atoms with Crippen molar-refractivity contribution >= 4 is 39.2 Å². The lowest BCUT2D eigenvalue weighted by molar-refractivity contribution is 0.0602. The summed E-state index contributed by atoms with van der Waals surface area (Å²) in [5.41, 5.74) is 2.22. The fourth-order valence-corrected chi connectivity index (χ4v) is 2.60. The van der Waals surface area contributed by atoms with E-state index in [1.807, 2.05) is 31.2 Å². The number of anilines is 1. The SMILES string of the molecule is COC(=O)c1cc(Cl)ccc1NC(C)c1cccc(Br)c1. The first kappa shape index (κ1) is 15.9. The van der Waals surface area contributed by atoms with Crippen LogP contribution in [0.4, 0.5) is 5.69 Å². The molecule has 2 aromatic rings. The van der Waals surface area contributed by atoms with Gasteiger partial charge in [0.2, 0.25) is 0 Å². The molecule has 0 aliphatic carbocycles. The third-order valence-corrected chi connectivity index (χ3v) is 3.84. The number of carbonyl (C=O) groups is 1. The molecule has 0 spiro atoms. The van der Waals surface area contributed by atoms with Gasteiger partial charge in [0.05, 0.1) is 12.7 Å². The van der Waals surface area contributed by atoms with E-state index < -0.39 is 5.97 Å². The van der Waals surface area contributed by atoms with Gasteiger partial charge in [-0.25, -0.2) is 4.79 Å². The summed E-state index contributed by atoms with van der Waals surface area (Å²) >= 11 is 9.41. The third-order valence-electron chi connectivity index (χ3n) is 3.11. The van der Waals surface area contributed by atoms with Crippen LogP contribution < -0.4 is 5.32 Å². The maximum Gasteiger partial charge on any atom is 0.340 e. The van der Waals surface area contributed by atoms with Crippen molar-refractivity contribution in [3.8, 4) is 0 Å². The van der Waals surface area contributed by atoms with Gasteiger partial charge in [0.1, 0.15) is 0 Å². The molecule has 1 N–H and O–H groups in total. The van der Waals surface area contributed by atoms with E-state index in [-0.39, 0.29) is 6.04 Å². The predicted molar refractivity (Wildman–Crippen MR) is 89.0 cm³/mol. The van der Waals surface area contributed by atoms with Crippen LogP contribution in [0.5, 0.6) is 0 Å². The smallest absolute Gasteiger partial charge is 0.340 e. The van der Waals surface area contributed by atoms with E-state index in [0.29, 0.717) is 16.3 Å². The molecule has 0 bridgehead atoms. The zero-order chi connectivity index (χ0) is 15.4. The third kappa shape index (κ3) is 3.99. The number of nitrogens with one attached hydrogen (secondary N) is 1. The highest BCUT2D eigenvalue weighted by Crippen LogP contribution is 2.26. The molecule has 0 radical (unpaired) electrons. The summed E-state index contributed by atoms with van der Waals surface area (Å²) in [6.07, 6.45) is 0. The minimum atomic E-state index is -0.415. The molecule has 0 aliphatic heterocycles. The van der Waals surface area contributed by atoms with Crippen LogP contribution in [0.2, 0.25) is 5.02 Å². The summed E-state index contributed by atoms with van der Waals surface area (Å²) in [4.78, 5) is 11.8. The quantitative estimate of drug-likeness (QED) is 0.766. The van der Waals surface area contributed by atoms with Crippen molar-refractivity contribution in [2.24, 2.45) is 0 Å². The van der Waals surface area contributed by atoms with Gasteiger partial charge in [-0.05, 0) is 42.8 Å². The minimum Gasteiger partial charge on any atom is -0.465 e. The van der Waals surface area contributed by atoms with Gasteiger partial charge in [0.15, 0.2) is 0 Å². The average molecular weight is 369 g/mol. The van der Waals surface area contributed by atoms with Crippen molar-refractivity contribution in [1.82, 2.24) is 0 Å². The molecule has 0 fully saturated rings. The number of hydrogen-bond acceptors (Lipinski definition) is 3. The highest BCUT2D eigenvalue weighted by atomic mass is 79.9.